The Morgan fingerprint density at radius 1 is 1.71 bits per heavy atom. The summed E-state index contributed by atoms with van der Waals surface area (Å²) in [7, 11) is 0. The van der Waals surface area contributed by atoms with Crippen molar-refractivity contribution < 1.29 is 4.74 Å². The Kier molecular flexibility index (Phi) is 4.99. The molecule has 5 heteroatoms. The maximum absolute atomic E-state index is 5.95. The number of nitrogens with two attached hydrogens (primary N) is 1. The van der Waals surface area contributed by atoms with Gasteiger partial charge in [-0.15, -0.1) is 11.3 Å². The highest BCUT2D eigenvalue weighted by Crippen LogP contribution is 2.29. The molecule has 2 atom stereocenters. The van der Waals surface area contributed by atoms with Crippen molar-refractivity contribution in [2.45, 2.75) is 25.5 Å². The summed E-state index contributed by atoms with van der Waals surface area (Å²) in [6.07, 6.45) is 1.39. The van der Waals surface area contributed by atoms with E-state index < -0.39 is 0 Å². The SMILES string of the molecule is CC1CN(C(CN)c2csc(Br)c2)CCCO1. The van der Waals surface area contributed by atoms with Gasteiger partial charge in [-0.1, -0.05) is 0 Å². The van der Waals surface area contributed by atoms with Crippen LogP contribution in [-0.4, -0.2) is 37.2 Å². The lowest BCUT2D eigenvalue weighted by atomic mass is 10.1. The Bertz CT molecular complexity index is 358. The van der Waals surface area contributed by atoms with Gasteiger partial charge in [0, 0.05) is 32.3 Å². The molecule has 0 radical (unpaired) electrons. The monoisotopic (exact) mass is 318 g/mol. The molecule has 2 unspecified atom stereocenters. The van der Waals surface area contributed by atoms with E-state index in [0.29, 0.717) is 18.7 Å². The van der Waals surface area contributed by atoms with Gasteiger partial charge in [-0.2, -0.15) is 0 Å². The van der Waals surface area contributed by atoms with Crippen molar-refractivity contribution >= 4 is 27.3 Å². The second-order valence-electron chi connectivity index (χ2n) is 4.47. The Morgan fingerprint density at radius 2 is 2.53 bits per heavy atom. The van der Waals surface area contributed by atoms with Gasteiger partial charge in [0.25, 0.3) is 0 Å². The molecule has 0 bridgehead atoms. The van der Waals surface area contributed by atoms with Gasteiger partial charge >= 0.3 is 0 Å². The summed E-state index contributed by atoms with van der Waals surface area (Å²) in [6, 6.07) is 2.50. The van der Waals surface area contributed by atoms with Crippen LogP contribution in [0.15, 0.2) is 15.2 Å². The second kappa shape index (κ2) is 6.29. The van der Waals surface area contributed by atoms with E-state index in [1.165, 1.54) is 9.35 Å². The van der Waals surface area contributed by atoms with Gasteiger partial charge in [0.2, 0.25) is 0 Å². The van der Waals surface area contributed by atoms with Crippen molar-refractivity contribution in [3.8, 4) is 0 Å². The van der Waals surface area contributed by atoms with Crippen molar-refractivity contribution in [2.24, 2.45) is 5.73 Å². The maximum Gasteiger partial charge on any atom is 0.0701 e. The molecule has 1 aliphatic heterocycles. The zero-order valence-corrected chi connectivity index (χ0v) is 12.5. The van der Waals surface area contributed by atoms with Crippen LogP contribution in [0.3, 0.4) is 0 Å². The number of nitrogens with zero attached hydrogens (tertiary/aromatic N) is 1. The van der Waals surface area contributed by atoms with E-state index in [1.807, 2.05) is 0 Å². The van der Waals surface area contributed by atoms with Crippen molar-refractivity contribution in [1.29, 1.82) is 0 Å². The first kappa shape index (κ1) is 13.5. The van der Waals surface area contributed by atoms with E-state index in [1.54, 1.807) is 11.3 Å². The molecule has 2 N–H and O–H groups in total. The molecule has 0 saturated carbocycles. The second-order valence-corrected chi connectivity index (χ2v) is 6.76. The zero-order valence-electron chi connectivity index (χ0n) is 10.1. The van der Waals surface area contributed by atoms with Gasteiger partial charge in [0.1, 0.15) is 0 Å². The van der Waals surface area contributed by atoms with Gasteiger partial charge in [-0.05, 0) is 46.3 Å². The molecular weight excluding hydrogens is 300 g/mol. The molecular formula is C12H19BrN2OS. The first-order valence-corrected chi connectivity index (χ1v) is 7.67. The Balaban J connectivity index is 2.11. The van der Waals surface area contributed by atoms with E-state index in [2.05, 4.69) is 39.2 Å². The van der Waals surface area contributed by atoms with E-state index >= 15 is 0 Å². The summed E-state index contributed by atoms with van der Waals surface area (Å²) in [4.78, 5) is 2.45. The fraction of sp³-hybridized carbons (Fsp3) is 0.667. The van der Waals surface area contributed by atoms with Crippen molar-refractivity contribution in [2.75, 3.05) is 26.2 Å². The van der Waals surface area contributed by atoms with Crippen LogP contribution in [0.5, 0.6) is 0 Å². The normalized spacial score (nSPS) is 24.5. The molecule has 1 aromatic heterocycles. The van der Waals surface area contributed by atoms with Crippen LogP contribution < -0.4 is 5.73 Å². The highest BCUT2D eigenvalue weighted by atomic mass is 79.9. The average Bonchev–Trinajstić information content (AvgIpc) is 2.59. The Labute approximate surface area is 115 Å². The van der Waals surface area contributed by atoms with Crippen molar-refractivity contribution in [3.63, 3.8) is 0 Å². The van der Waals surface area contributed by atoms with E-state index in [4.69, 9.17) is 10.5 Å². The van der Waals surface area contributed by atoms with Crippen LogP contribution in [0.1, 0.15) is 24.9 Å². The molecule has 0 aromatic carbocycles. The number of rotatable bonds is 3. The molecule has 1 saturated heterocycles. The number of ether oxygens (including phenoxy) is 1. The zero-order chi connectivity index (χ0) is 12.3. The van der Waals surface area contributed by atoms with E-state index in [9.17, 15) is 0 Å². The third-order valence-electron chi connectivity index (χ3n) is 3.12. The number of hydrogen-bond acceptors (Lipinski definition) is 4. The van der Waals surface area contributed by atoms with Crippen LogP contribution in [0.2, 0.25) is 0 Å². The van der Waals surface area contributed by atoms with Crippen LogP contribution >= 0.6 is 27.3 Å². The predicted octanol–water partition coefficient (Wildman–Crippen LogP) is 2.62. The van der Waals surface area contributed by atoms with Gasteiger partial charge in [0.15, 0.2) is 0 Å². The van der Waals surface area contributed by atoms with Crippen molar-refractivity contribution in [3.05, 3.63) is 20.8 Å². The summed E-state index contributed by atoms with van der Waals surface area (Å²) >= 11 is 5.24. The fourth-order valence-corrected chi connectivity index (χ4v) is 3.53. The molecule has 0 aliphatic carbocycles. The van der Waals surface area contributed by atoms with Gasteiger partial charge in [-0.3, -0.25) is 4.90 Å². The van der Waals surface area contributed by atoms with Gasteiger partial charge in [-0.25, -0.2) is 0 Å². The van der Waals surface area contributed by atoms with Crippen LogP contribution in [0.25, 0.3) is 0 Å². The summed E-state index contributed by atoms with van der Waals surface area (Å²) < 4.78 is 6.85. The fourth-order valence-electron chi connectivity index (χ4n) is 2.30. The summed E-state index contributed by atoms with van der Waals surface area (Å²) in [5.74, 6) is 0. The minimum atomic E-state index is 0.300. The molecule has 17 heavy (non-hydrogen) atoms. The lowest BCUT2D eigenvalue weighted by Gasteiger charge is -2.30. The largest absolute Gasteiger partial charge is 0.377 e. The average molecular weight is 319 g/mol. The van der Waals surface area contributed by atoms with E-state index in [-0.39, 0.29) is 0 Å². The minimum absolute atomic E-state index is 0.300. The standard InChI is InChI=1S/C12H19BrN2OS/c1-9-7-15(3-2-4-16-9)11(6-14)10-5-12(13)17-8-10/h5,8-9,11H,2-4,6-7,14H2,1H3. The van der Waals surface area contributed by atoms with E-state index in [0.717, 1.165) is 26.1 Å². The molecule has 1 aromatic rings. The molecule has 0 amide bonds. The molecule has 96 valence electrons. The lowest BCUT2D eigenvalue weighted by molar-refractivity contribution is 0.0612. The number of thiophene rings is 1. The van der Waals surface area contributed by atoms with Gasteiger partial charge in [0.05, 0.1) is 9.89 Å². The maximum atomic E-state index is 5.95. The van der Waals surface area contributed by atoms with Crippen LogP contribution in [0.4, 0.5) is 0 Å². The van der Waals surface area contributed by atoms with Crippen LogP contribution in [0, 0.1) is 0 Å². The highest BCUT2D eigenvalue weighted by Gasteiger charge is 2.23. The third kappa shape index (κ3) is 3.51. The molecule has 2 heterocycles. The first-order valence-electron chi connectivity index (χ1n) is 6.00. The van der Waals surface area contributed by atoms with Crippen molar-refractivity contribution in [1.82, 2.24) is 4.90 Å². The summed E-state index contributed by atoms with van der Waals surface area (Å²) in [6.45, 7) is 5.70. The summed E-state index contributed by atoms with van der Waals surface area (Å²) in [5.41, 5.74) is 7.27. The number of hydrogen-bond donors (Lipinski definition) is 1. The minimum Gasteiger partial charge on any atom is -0.377 e. The topological polar surface area (TPSA) is 38.5 Å². The third-order valence-corrected chi connectivity index (χ3v) is 4.64. The van der Waals surface area contributed by atoms with Gasteiger partial charge < -0.3 is 10.5 Å². The Morgan fingerprint density at radius 3 is 3.18 bits per heavy atom. The molecule has 1 fully saturated rings. The smallest absolute Gasteiger partial charge is 0.0701 e. The highest BCUT2D eigenvalue weighted by molar-refractivity contribution is 9.11. The molecule has 1 aliphatic rings. The predicted molar refractivity (Wildman–Crippen MR) is 75.4 cm³/mol. The molecule has 0 spiro atoms. The Hall–Kier alpha value is 0.0600. The molecule has 2 rings (SSSR count). The van der Waals surface area contributed by atoms with Crippen LogP contribution in [-0.2, 0) is 4.74 Å². The first-order chi connectivity index (χ1) is 8.20. The summed E-state index contributed by atoms with van der Waals surface area (Å²) in [5, 5.41) is 2.19. The quantitative estimate of drug-likeness (QED) is 0.931. The number of halogens is 1. The lowest BCUT2D eigenvalue weighted by Crippen LogP contribution is -2.37. The molecule has 3 nitrogen and oxygen atoms in total.